The summed E-state index contributed by atoms with van der Waals surface area (Å²) in [6, 6.07) is 3.86. The molecular formula is C8H10N6. The van der Waals surface area contributed by atoms with Crippen LogP contribution < -0.4 is 5.32 Å². The van der Waals surface area contributed by atoms with E-state index in [2.05, 4.69) is 25.8 Å². The topological polar surface area (TPSA) is 68.5 Å². The molecule has 14 heavy (non-hydrogen) atoms. The molecule has 0 saturated heterocycles. The van der Waals surface area contributed by atoms with E-state index in [4.69, 9.17) is 0 Å². The van der Waals surface area contributed by atoms with E-state index < -0.39 is 0 Å². The Labute approximate surface area is 81.0 Å². The van der Waals surface area contributed by atoms with E-state index >= 15 is 0 Å². The van der Waals surface area contributed by atoms with Crippen molar-refractivity contribution in [2.75, 3.05) is 5.32 Å². The summed E-state index contributed by atoms with van der Waals surface area (Å²) >= 11 is 0. The Kier molecular flexibility index (Phi) is 2.10. The van der Waals surface area contributed by atoms with Crippen molar-refractivity contribution >= 4 is 11.8 Å². The molecular weight excluding hydrogens is 180 g/mol. The van der Waals surface area contributed by atoms with Gasteiger partial charge in [0.25, 0.3) is 0 Å². The van der Waals surface area contributed by atoms with Crippen LogP contribution in [-0.2, 0) is 7.05 Å². The Hall–Kier alpha value is -1.98. The predicted molar refractivity (Wildman–Crippen MR) is 51.1 cm³/mol. The molecule has 0 bridgehead atoms. The van der Waals surface area contributed by atoms with Crippen molar-refractivity contribution in [1.82, 2.24) is 25.2 Å². The van der Waals surface area contributed by atoms with Gasteiger partial charge in [0.15, 0.2) is 0 Å². The Bertz CT molecular complexity index is 435. The number of anilines is 2. The second-order valence-electron chi connectivity index (χ2n) is 2.92. The molecule has 0 amide bonds. The Morgan fingerprint density at radius 2 is 2.29 bits per heavy atom. The maximum absolute atomic E-state index is 4.17. The van der Waals surface area contributed by atoms with E-state index in [0.29, 0.717) is 5.95 Å². The molecule has 0 aliphatic heterocycles. The molecule has 0 saturated carbocycles. The first-order chi connectivity index (χ1) is 6.77. The molecule has 0 aromatic carbocycles. The number of pyridine rings is 1. The van der Waals surface area contributed by atoms with E-state index in [9.17, 15) is 0 Å². The van der Waals surface area contributed by atoms with Crippen LogP contribution in [-0.4, -0.2) is 25.2 Å². The lowest BCUT2D eigenvalue weighted by atomic mass is 10.3. The van der Waals surface area contributed by atoms with Gasteiger partial charge in [0.2, 0.25) is 5.95 Å². The van der Waals surface area contributed by atoms with Crippen molar-refractivity contribution in [3.05, 3.63) is 23.9 Å². The lowest BCUT2D eigenvalue weighted by molar-refractivity contribution is 0.715. The van der Waals surface area contributed by atoms with Crippen LogP contribution in [0, 0.1) is 6.92 Å². The molecule has 2 aromatic heterocycles. The molecule has 1 N–H and O–H groups in total. The number of hydrogen-bond acceptors (Lipinski definition) is 5. The van der Waals surface area contributed by atoms with Gasteiger partial charge in [0, 0.05) is 13.2 Å². The standard InChI is InChI=1S/C8H10N6/c1-6-4-3-5-9-7(6)10-8-11-12-13-14(8)2/h3-5H,1-2H3,(H,9,10,11,13). The fourth-order valence-electron chi connectivity index (χ4n) is 1.06. The van der Waals surface area contributed by atoms with Gasteiger partial charge in [-0.3, -0.25) is 0 Å². The molecule has 0 aliphatic carbocycles. The number of aromatic nitrogens is 5. The third-order valence-corrected chi connectivity index (χ3v) is 1.86. The van der Waals surface area contributed by atoms with Gasteiger partial charge >= 0.3 is 0 Å². The number of nitrogens with zero attached hydrogens (tertiary/aromatic N) is 5. The van der Waals surface area contributed by atoms with Gasteiger partial charge < -0.3 is 5.32 Å². The molecule has 2 aromatic rings. The summed E-state index contributed by atoms with van der Waals surface area (Å²) < 4.78 is 1.55. The average molecular weight is 190 g/mol. The van der Waals surface area contributed by atoms with Crippen molar-refractivity contribution in [3.63, 3.8) is 0 Å². The zero-order valence-corrected chi connectivity index (χ0v) is 7.97. The highest BCUT2D eigenvalue weighted by atomic mass is 15.6. The van der Waals surface area contributed by atoms with Crippen LogP contribution in [0.25, 0.3) is 0 Å². The first-order valence-corrected chi connectivity index (χ1v) is 4.18. The maximum atomic E-state index is 4.17. The van der Waals surface area contributed by atoms with Crippen LogP contribution in [0.5, 0.6) is 0 Å². The van der Waals surface area contributed by atoms with Gasteiger partial charge in [-0.2, -0.15) is 0 Å². The van der Waals surface area contributed by atoms with Gasteiger partial charge in [-0.15, -0.1) is 0 Å². The van der Waals surface area contributed by atoms with Crippen LogP contribution >= 0.6 is 0 Å². The molecule has 72 valence electrons. The minimum absolute atomic E-state index is 0.576. The van der Waals surface area contributed by atoms with E-state index in [-0.39, 0.29) is 0 Å². The van der Waals surface area contributed by atoms with Crippen LogP contribution in [0.3, 0.4) is 0 Å². The van der Waals surface area contributed by atoms with Crippen LogP contribution in [0.1, 0.15) is 5.56 Å². The zero-order valence-electron chi connectivity index (χ0n) is 7.97. The van der Waals surface area contributed by atoms with Gasteiger partial charge in [-0.25, -0.2) is 9.67 Å². The summed E-state index contributed by atoms with van der Waals surface area (Å²) in [5, 5.41) is 14.1. The number of tetrazole rings is 1. The molecule has 2 heterocycles. The molecule has 2 rings (SSSR count). The molecule has 6 nitrogen and oxygen atoms in total. The first-order valence-electron chi connectivity index (χ1n) is 4.18. The Morgan fingerprint density at radius 1 is 1.43 bits per heavy atom. The minimum Gasteiger partial charge on any atom is -0.307 e. The van der Waals surface area contributed by atoms with Crippen molar-refractivity contribution in [3.8, 4) is 0 Å². The maximum Gasteiger partial charge on any atom is 0.248 e. The third kappa shape index (κ3) is 1.54. The molecule has 0 radical (unpaired) electrons. The number of rotatable bonds is 2. The lowest BCUT2D eigenvalue weighted by Crippen LogP contribution is -2.02. The van der Waals surface area contributed by atoms with E-state index in [1.165, 1.54) is 0 Å². The van der Waals surface area contributed by atoms with Gasteiger partial charge in [0.1, 0.15) is 5.82 Å². The Morgan fingerprint density at radius 3 is 2.93 bits per heavy atom. The van der Waals surface area contributed by atoms with Crippen LogP contribution in [0.4, 0.5) is 11.8 Å². The second kappa shape index (κ2) is 3.41. The van der Waals surface area contributed by atoms with Gasteiger partial charge in [-0.05, 0) is 29.0 Å². The predicted octanol–water partition coefficient (Wildman–Crippen LogP) is 0.657. The fraction of sp³-hybridized carbons (Fsp3) is 0.250. The van der Waals surface area contributed by atoms with Crippen molar-refractivity contribution in [1.29, 1.82) is 0 Å². The lowest BCUT2D eigenvalue weighted by Gasteiger charge is -2.04. The fourth-order valence-corrected chi connectivity index (χ4v) is 1.06. The smallest absolute Gasteiger partial charge is 0.248 e. The van der Waals surface area contributed by atoms with Gasteiger partial charge in [0.05, 0.1) is 0 Å². The van der Waals surface area contributed by atoms with Crippen molar-refractivity contribution < 1.29 is 0 Å². The third-order valence-electron chi connectivity index (χ3n) is 1.86. The zero-order chi connectivity index (χ0) is 9.97. The highest BCUT2D eigenvalue weighted by molar-refractivity contribution is 5.51. The largest absolute Gasteiger partial charge is 0.307 e. The van der Waals surface area contributed by atoms with Crippen molar-refractivity contribution in [2.45, 2.75) is 6.92 Å². The highest BCUT2D eigenvalue weighted by Gasteiger charge is 2.04. The first kappa shape index (κ1) is 8.61. The van der Waals surface area contributed by atoms with E-state index in [1.54, 1.807) is 17.9 Å². The Balaban J connectivity index is 2.28. The average Bonchev–Trinajstić information content (AvgIpc) is 2.56. The van der Waals surface area contributed by atoms with E-state index in [0.717, 1.165) is 11.4 Å². The highest BCUT2D eigenvalue weighted by Crippen LogP contribution is 2.13. The number of hydrogen-bond donors (Lipinski definition) is 1. The van der Waals surface area contributed by atoms with Crippen molar-refractivity contribution in [2.24, 2.45) is 7.05 Å². The quantitative estimate of drug-likeness (QED) is 0.753. The molecule has 6 heteroatoms. The van der Waals surface area contributed by atoms with Crippen LogP contribution in [0.15, 0.2) is 18.3 Å². The molecule has 0 atom stereocenters. The molecule has 0 unspecified atom stereocenters. The van der Waals surface area contributed by atoms with Crippen LogP contribution in [0.2, 0.25) is 0 Å². The number of aryl methyl sites for hydroxylation is 2. The summed E-state index contributed by atoms with van der Waals surface area (Å²) in [5.41, 5.74) is 1.05. The molecule has 0 fully saturated rings. The number of nitrogens with one attached hydrogen (secondary N) is 1. The summed E-state index contributed by atoms with van der Waals surface area (Å²) in [7, 11) is 1.76. The summed E-state index contributed by atoms with van der Waals surface area (Å²) in [6.07, 6.45) is 1.72. The summed E-state index contributed by atoms with van der Waals surface area (Å²) in [6.45, 7) is 1.97. The SMILES string of the molecule is Cc1cccnc1Nc1nnnn1C. The summed E-state index contributed by atoms with van der Waals surface area (Å²) in [4.78, 5) is 4.17. The molecule has 0 spiro atoms. The molecule has 0 aliphatic rings. The normalized spacial score (nSPS) is 10.1. The van der Waals surface area contributed by atoms with E-state index in [1.807, 2.05) is 19.1 Å². The minimum atomic E-state index is 0.576. The van der Waals surface area contributed by atoms with Gasteiger partial charge in [-0.1, -0.05) is 11.2 Å². The summed E-state index contributed by atoms with van der Waals surface area (Å²) in [5.74, 6) is 1.34. The monoisotopic (exact) mass is 190 g/mol. The second-order valence-corrected chi connectivity index (χ2v) is 2.92.